The summed E-state index contributed by atoms with van der Waals surface area (Å²) in [6.45, 7) is -0.914. The predicted molar refractivity (Wildman–Crippen MR) is 115 cm³/mol. The van der Waals surface area contributed by atoms with Gasteiger partial charge in [0.25, 0.3) is 0 Å². The molecule has 2 saturated carbocycles. The summed E-state index contributed by atoms with van der Waals surface area (Å²) in [5.74, 6) is 2.59. The number of alkyl halides is 3. The predicted octanol–water partition coefficient (Wildman–Crippen LogP) is 3.50. The number of nitrogens with one attached hydrogen (secondary N) is 2. The molecule has 0 aliphatic heterocycles. The average Bonchev–Trinajstić information content (AvgIpc) is 3.04. The summed E-state index contributed by atoms with van der Waals surface area (Å²) in [6, 6.07) is 9.36. The number of carbonyl (C=O) groups is 1. The molecule has 10 heteroatoms. The molecule has 32 heavy (non-hydrogen) atoms. The highest BCUT2D eigenvalue weighted by Crippen LogP contribution is 2.49. The highest BCUT2D eigenvalue weighted by Gasteiger charge is 2.39. The summed E-state index contributed by atoms with van der Waals surface area (Å²) >= 11 is 0. The van der Waals surface area contributed by atoms with Crippen molar-refractivity contribution in [1.29, 1.82) is 0 Å². The van der Waals surface area contributed by atoms with Crippen LogP contribution >= 0.6 is 0 Å². The minimum atomic E-state index is -4.46. The summed E-state index contributed by atoms with van der Waals surface area (Å²) in [5.41, 5.74) is 0.785. The van der Waals surface area contributed by atoms with Gasteiger partial charge in [-0.25, -0.2) is 0 Å². The van der Waals surface area contributed by atoms with Crippen molar-refractivity contribution in [3.05, 3.63) is 30.3 Å². The molecular weight excluding hydrogens is 421 g/mol. The molecule has 0 bridgehead atoms. The smallest absolute Gasteiger partial charge is 0.354 e. The van der Waals surface area contributed by atoms with E-state index in [1.807, 2.05) is 35.6 Å². The lowest BCUT2D eigenvalue weighted by Crippen LogP contribution is -2.40. The third-order valence-electron chi connectivity index (χ3n) is 6.26. The van der Waals surface area contributed by atoms with Crippen molar-refractivity contribution in [2.24, 2.45) is 17.8 Å². The van der Waals surface area contributed by atoms with E-state index in [9.17, 15) is 18.0 Å². The summed E-state index contributed by atoms with van der Waals surface area (Å²) < 4.78 is 37.1. The number of anilines is 2. The van der Waals surface area contributed by atoms with Crippen LogP contribution in [0, 0.1) is 17.8 Å². The van der Waals surface area contributed by atoms with Gasteiger partial charge < -0.3 is 15.5 Å². The fraction of sp³-hybridized carbons (Fsp3) is 0.545. The van der Waals surface area contributed by atoms with E-state index < -0.39 is 18.6 Å². The molecule has 1 aromatic heterocycles. The van der Waals surface area contributed by atoms with Crippen molar-refractivity contribution in [2.45, 2.75) is 31.9 Å². The molecular formula is C22H27F3N6O. The molecule has 2 fully saturated rings. The van der Waals surface area contributed by atoms with Crippen molar-refractivity contribution >= 4 is 17.8 Å². The zero-order valence-corrected chi connectivity index (χ0v) is 17.9. The number of fused-ring (bicyclic) bond motifs is 1. The van der Waals surface area contributed by atoms with Crippen molar-refractivity contribution < 1.29 is 18.0 Å². The van der Waals surface area contributed by atoms with Gasteiger partial charge in [0.2, 0.25) is 17.8 Å². The van der Waals surface area contributed by atoms with Crippen LogP contribution in [-0.4, -0.2) is 53.7 Å². The molecule has 0 radical (unpaired) electrons. The lowest BCUT2D eigenvalue weighted by Gasteiger charge is -2.29. The molecule has 0 saturated heterocycles. The normalized spacial score (nSPS) is 22.1. The third kappa shape index (κ3) is 5.66. The Morgan fingerprint density at radius 1 is 1.09 bits per heavy atom. The Morgan fingerprint density at radius 3 is 2.41 bits per heavy atom. The highest BCUT2D eigenvalue weighted by atomic mass is 19.4. The van der Waals surface area contributed by atoms with Crippen molar-refractivity contribution in [3.8, 4) is 11.4 Å². The van der Waals surface area contributed by atoms with Gasteiger partial charge in [0.05, 0.1) is 6.54 Å². The Hall–Kier alpha value is -2.91. The van der Waals surface area contributed by atoms with Crippen molar-refractivity contribution in [2.75, 3.05) is 36.9 Å². The molecule has 1 amide bonds. The first-order valence-electron chi connectivity index (χ1n) is 10.9. The number of nitrogens with zero attached hydrogens (tertiary/aromatic N) is 4. The molecule has 4 rings (SSSR count). The van der Waals surface area contributed by atoms with E-state index in [4.69, 9.17) is 0 Å². The van der Waals surface area contributed by atoms with Gasteiger partial charge in [-0.05, 0) is 43.4 Å². The number of amides is 1. The van der Waals surface area contributed by atoms with E-state index >= 15 is 0 Å². The number of benzene rings is 1. The maximum absolute atomic E-state index is 12.4. The summed E-state index contributed by atoms with van der Waals surface area (Å²) in [5, 5.41) is 5.19. The van der Waals surface area contributed by atoms with E-state index in [2.05, 4.69) is 20.3 Å². The van der Waals surface area contributed by atoms with Gasteiger partial charge in [-0.15, -0.1) is 0 Å². The van der Waals surface area contributed by atoms with Gasteiger partial charge in [0, 0.05) is 19.2 Å². The number of halogens is 3. The van der Waals surface area contributed by atoms with Gasteiger partial charge in [-0.2, -0.15) is 28.1 Å². The monoisotopic (exact) mass is 448 g/mol. The number of hydrogen-bond acceptors (Lipinski definition) is 6. The second-order valence-corrected chi connectivity index (χ2v) is 8.71. The standard InChI is InChI=1S/C22H27F3N6O/c1-31(12-18(32)27-13-22(23,24)25)21-29-19(15-5-3-2-4-6-15)28-20(30-21)26-11-14-9-16-7-8-17(16)10-14/h2-6,14,16-17H,7-13H2,1H3,(H,27,32)(H,26,28,29,30)/t14?,16-,17+. The Morgan fingerprint density at radius 2 is 1.78 bits per heavy atom. The summed E-state index contributed by atoms with van der Waals surface area (Å²) in [7, 11) is 1.57. The first kappa shape index (κ1) is 22.3. The lowest BCUT2D eigenvalue weighted by atomic mass is 9.77. The zero-order chi connectivity index (χ0) is 22.7. The minimum absolute atomic E-state index is 0.218. The van der Waals surface area contributed by atoms with Crippen molar-refractivity contribution in [3.63, 3.8) is 0 Å². The minimum Gasteiger partial charge on any atom is -0.354 e. The van der Waals surface area contributed by atoms with Gasteiger partial charge in [-0.1, -0.05) is 30.3 Å². The number of likely N-dealkylation sites (N-methyl/N-ethyl adjacent to an activating group) is 1. The number of aromatic nitrogens is 3. The van der Waals surface area contributed by atoms with Crippen LogP contribution in [0.5, 0.6) is 0 Å². The van der Waals surface area contributed by atoms with E-state index in [-0.39, 0.29) is 12.5 Å². The van der Waals surface area contributed by atoms with Crippen LogP contribution in [0.4, 0.5) is 25.1 Å². The van der Waals surface area contributed by atoms with Gasteiger partial charge in [-0.3, -0.25) is 4.79 Å². The molecule has 2 aromatic rings. The average molecular weight is 448 g/mol. The van der Waals surface area contributed by atoms with Crippen LogP contribution in [0.1, 0.15) is 25.7 Å². The van der Waals surface area contributed by atoms with Crippen LogP contribution in [0.2, 0.25) is 0 Å². The SMILES string of the molecule is CN(CC(=O)NCC(F)(F)F)c1nc(NCC2C[C@H]3CC[C@H]3C2)nc(-c2ccccc2)n1. The summed E-state index contributed by atoms with van der Waals surface area (Å²) in [6.07, 6.45) is 0.645. The van der Waals surface area contributed by atoms with Crippen LogP contribution < -0.4 is 15.5 Å². The Bertz CT molecular complexity index is 927. The quantitative estimate of drug-likeness (QED) is 0.643. The molecule has 3 atom stereocenters. The second kappa shape index (κ2) is 9.30. The fourth-order valence-electron chi connectivity index (χ4n) is 4.49. The molecule has 2 N–H and O–H groups in total. The van der Waals surface area contributed by atoms with Crippen molar-refractivity contribution in [1.82, 2.24) is 20.3 Å². The fourth-order valence-corrected chi connectivity index (χ4v) is 4.49. The molecule has 7 nitrogen and oxygen atoms in total. The van der Waals surface area contributed by atoms with E-state index in [0.29, 0.717) is 17.7 Å². The topological polar surface area (TPSA) is 83.0 Å². The van der Waals surface area contributed by atoms with E-state index in [1.165, 1.54) is 30.6 Å². The first-order chi connectivity index (χ1) is 15.3. The Labute approximate surface area is 184 Å². The highest BCUT2D eigenvalue weighted by molar-refractivity contribution is 5.80. The summed E-state index contributed by atoms with van der Waals surface area (Å²) in [4.78, 5) is 26.8. The number of rotatable bonds is 8. The molecule has 0 spiro atoms. The lowest BCUT2D eigenvalue weighted by molar-refractivity contribution is -0.137. The van der Waals surface area contributed by atoms with Gasteiger partial charge >= 0.3 is 6.18 Å². The molecule has 2 aliphatic carbocycles. The van der Waals surface area contributed by atoms with E-state index in [1.54, 1.807) is 7.05 Å². The molecule has 1 aromatic carbocycles. The van der Waals surface area contributed by atoms with Gasteiger partial charge in [0.1, 0.15) is 6.54 Å². The maximum Gasteiger partial charge on any atom is 0.405 e. The maximum atomic E-state index is 12.4. The second-order valence-electron chi connectivity index (χ2n) is 8.71. The largest absolute Gasteiger partial charge is 0.405 e. The zero-order valence-electron chi connectivity index (χ0n) is 17.9. The Kier molecular flexibility index (Phi) is 6.48. The molecule has 2 aliphatic rings. The van der Waals surface area contributed by atoms with Gasteiger partial charge in [0.15, 0.2) is 5.82 Å². The number of hydrogen-bond donors (Lipinski definition) is 2. The van der Waals surface area contributed by atoms with E-state index in [0.717, 1.165) is 23.9 Å². The van der Waals surface area contributed by atoms with Crippen LogP contribution in [-0.2, 0) is 4.79 Å². The molecule has 1 unspecified atom stereocenters. The van der Waals surface area contributed by atoms with Crippen LogP contribution in [0.3, 0.4) is 0 Å². The molecule has 172 valence electrons. The van der Waals surface area contributed by atoms with Crippen LogP contribution in [0.15, 0.2) is 30.3 Å². The Balaban J connectivity index is 1.47. The third-order valence-corrected chi connectivity index (χ3v) is 6.26. The van der Waals surface area contributed by atoms with Crippen LogP contribution in [0.25, 0.3) is 11.4 Å². The molecule has 1 heterocycles. The number of carbonyl (C=O) groups excluding carboxylic acids is 1. The first-order valence-corrected chi connectivity index (χ1v) is 10.9.